The van der Waals surface area contributed by atoms with Crippen molar-refractivity contribution in [1.82, 2.24) is 0 Å². The average Bonchev–Trinajstić information content (AvgIpc) is 2.15. The van der Waals surface area contributed by atoms with Crippen molar-refractivity contribution in [3.8, 4) is 0 Å². The number of rotatable bonds is 3. The van der Waals surface area contributed by atoms with E-state index in [-0.39, 0.29) is 5.56 Å². The Balaban J connectivity index is 2.95. The lowest BCUT2D eigenvalue weighted by Crippen LogP contribution is -2.22. The van der Waals surface area contributed by atoms with Crippen molar-refractivity contribution in [1.29, 1.82) is 0 Å². The predicted molar refractivity (Wildman–Crippen MR) is 49.2 cm³/mol. The molecule has 14 heavy (non-hydrogen) atoms. The Morgan fingerprint density at radius 1 is 1.36 bits per heavy atom. The molecular weight excluding hydrogens is 187 g/mol. The second kappa shape index (κ2) is 4.50. The molecule has 2 unspecified atom stereocenters. The lowest BCUT2D eigenvalue weighted by atomic mass is 10.0. The highest BCUT2D eigenvalue weighted by molar-refractivity contribution is 5.25. The highest BCUT2D eigenvalue weighted by Crippen LogP contribution is 2.20. The maximum absolute atomic E-state index is 13.2. The zero-order chi connectivity index (χ0) is 10.7. The van der Waals surface area contributed by atoms with Crippen molar-refractivity contribution >= 4 is 0 Å². The number of hydrogen-bond donors (Lipinski definition) is 3. The number of halogens is 1. The molecule has 1 aromatic carbocycles. The van der Waals surface area contributed by atoms with Gasteiger partial charge in [0.1, 0.15) is 18.0 Å². The maximum atomic E-state index is 13.2. The molecule has 0 radical (unpaired) electrons. The van der Waals surface area contributed by atoms with Crippen LogP contribution in [0.1, 0.15) is 17.2 Å². The van der Waals surface area contributed by atoms with Crippen molar-refractivity contribution < 1.29 is 19.7 Å². The Bertz CT molecular complexity index is 314. The van der Waals surface area contributed by atoms with Crippen molar-refractivity contribution in [2.45, 2.75) is 19.1 Å². The van der Waals surface area contributed by atoms with E-state index in [0.717, 1.165) is 5.56 Å². The first kappa shape index (κ1) is 11.1. The fourth-order valence-corrected chi connectivity index (χ4v) is 1.18. The molecule has 0 heterocycles. The van der Waals surface area contributed by atoms with E-state index in [1.165, 1.54) is 12.1 Å². The van der Waals surface area contributed by atoms with Crippen LogP contribution in [-0.4, -0.2) is 28.0 Å². The number of hydrogen-bond acceptors (Lipinski definition) is 3. The van der Waals surface area contributed by atoms with Crippen LogP contribution in [0.3, 0.4) is 0 Å². The van der Waals surface area contributed by atoms with E-state index in [2.05, 4.69) is 0 Å². The number of benzene rings is 1. The van der Waals surface area contributed by atoms with E-state index >= 15 is 0 Å². The third kappa shape index (κ3) is 2.29. The van der Waals surface area contributed by atoms with Gasteiger partial charge in [-0.2, -0.15) is 0 Å². The molecule has 0 spiro atoms. The summed E-state index contributed by atoms with van der Waals surface area (Å²) < 4.78 is 13.2. The molecule has 0 amide bonds. The molecule has 4 heteroatoms. The van der Waals surface area contributed by atoms with E-state index < -0.39 is 24.6 Å². The minimum absolute atomic E-state index is 0.00264. The van der Waals surface area contributed by atoms with E-state index in [4.69, 9.17) is 10.2 Å². The summed E-state index contributed by atoms with van der Waals surface area (Å²) in [5, 5.41) is 27.1. The lowest BCUT2D eigenvalue weighted by molar-refractivity contribution is -0.0168. The molecule has 0 bridgehead atoms. The van der Waals surface area contributed by atoms with Gasteiger partial charge in [0.15, 0.2) is 0 Å². The zero-order valence-electron chi connectivity index (χ0n) is 7.81. The van der Waals surface area contributed by atoms with Gasteiger partial charge >= 0.3 is 0 Å². The second-order valence-corrected chi connectivity index (χ2v) is 3.22. The maximum Gasteiger partial charge on any atom is 0.129 e. The Morgan fingerprint density at radius 2 is 2.00 bits per heavy atom. The summed E-state index contributed by atoms with van der Waals surface area (Å²) in [7, 11) is 0. The average molecular weight is 200 g/mol. The van der Waals surface area contributed by atoms with Crippen molar-refractivity contribution in [2.24, 2.45) is 0 Å². The molecule has 0 aliphatic heterocycles. The fourth-order valence-electron chi connectivity index (χ4n) is 1.18. The van der Waals surface area contributed by atoms with Gasteiger partial charge in [-0.1, -0.05) is 12.1 Å². The van der Waals surface area contributed by atoms with Gasteiger partial charge in [0.2, 0.25) is 0 Å². The molecule has 0 aliphatic rings. The largest absolute Gasteiger partial charge is 0.394 e. The van der Waals surface area contributed by atoms with Crippen LogP contribution in [0, 0.1) is 12.7 Å². The van der Waals surface area contributed by atoms with Gasteiger partial charge in [0.05, 0.1) is 6.61 Å². The van der Waals surface area contributed by atoms with Gasteiger partial charge in [0.25, 0.3) is 0 Å². The SMILES string of the molecule is Cc1ccc(C(O)C(O)CO)c(F)c1. The normalized spacial score (nSPS) is 15.2. The number of aliphatic hydroxyl groups excluding tert-OH is 3. The Morgan fingerprint density at radius 3 is 2.50 bits per heavy atom. The number of aliphatic hydroxyl groups is 3. The molecule has 1 rings (SSSR count). The summed E-state index contributed by atoms with van der Waals surface area (Å²) in [6.07, 6.45) is -2.74. The molecule has 3 nitrogen and oxygen atoms in total. The van der Waals surface area contributed by atoms with Crippen LogP contribution in [0.15, 0.2) is 18.2 Å². The van der Waals surface area contributed by atoms with Crippen LogP contribution in [0.2, 0.25) is 0 Å². The fraction of sp³-hybridized carbons (Fsp3) is 0.400. The Hall–Kier alpha value is -0.970. The molecule has 0 saturated heterocycles. The molecule has 0 saturated carbocycles. The number of aryl methyl sites for hydroxylation is 1. The van der Waals surface area contributed by atoms with Crippen LogP contribution in [0.25, 0.3) is 0 Å². The van der Waals surface area contributed by atoms with E-state index in [9.17, 15) is 9.50 Å². The molecule has 0 fully saturated rings. The minimum Gasteiger partial charge on any atom is -0.394 e. The predicted octanol–water partition coefficient (Wildman–Crippen LogP) is 0.521. The monoisotopic (exact) mass is 200 g/mol. The van der Waals surface area contributed by atoms with E-state index in [0.29, 0.717) is 0 Å². The van der Waals surface area contributed by atoms with Crippen LogP contribution < -0.4 is 0 Å². The van der Waals surface area contributed by atoms with Gasteiger partial charge in [-0.3, -0.25) is 0 Å². The minimum atomic E-state index is -1.39. The van der Waals surface area contributed by atoms with Gasteiger partial charge in [-0.15, -0.1) is 0 Å². The molecule has 1 aromatic rings. The Labute approximate surface area is 81.4 Å². The smallest absolute Gasteiger partial charge is 0.129 e. The van der Waals surface area contributed by atoms with Crippen molar-refractivity contribution in [3.63, 3.8) is 0 Å². The summed E-state index contributed by atoms with van der Waals surface area (Å²) in [6, 6.07) is 4.29. The van der Waals surface area contributed by atoms with Crippen LogP contribution in [-0.2, 0) is 0 Å². The van der Waals surface area contributed by atoms with Gasteiger partial charge in [-0.25, -0.2) is 4.39 Å². The van der Waals surface area contributed by atoms with Crippen LogP contribution in [0.5, 0.6) is 0 Å². The van der Waals surface area contributed by atoms with Crippen LogP contribution >= 0.6 is 0 Å². The molecular formula is C10H13FO3. The van der Waals surface area contributed by atoms with E-state index in [1.807, 2.05) is 0 Å². The van der Waals surface area contributed by atoms with Crippen molar-refractivity contribution in [3.05, 3.63) is 35.1 Å². The molecule has 0 aliphatic carbocycles. The quantitative estimate of drug-likeness (QED) is 0.666. The second-order valence-electron chi connectivity index (χ2n) is 3.22. The summed E-state index contributed by atoms with van der Waals surface area (Å²) in [6.45, 7) is 1.12. The standard InChI is InChI=1S/C10H13FO3/c1-6-2-3-7(8(11)4-6)10(14)9(13)5-12/h2-4,9-10,12-14H,5H2,1H3. The van der Waals surface area contributed by atoms with Crippen LogP contribution in [0.4, 0.5) is 4.39 Å². The zero-order valence-corrected chi connectivity index (χ0v) is 7.81. The molecule has 2 atom stereocenters. The van der Waals surface area contributed by atoms with E-state index in [1.54, 1.807) is 13.0 Å². The van der Waals surface area contributed by atoms with Gasteiger partial charge in [0, 0.05) is 5.56 Å². The first-order valence-corrected chi connectivity index (χ1v) is 4.29. The van der Waals surface area contributed by atoms with Crippen molar-refractivity contribution in [2.75, 3.05) is 6.61 Å². The lowest BCUT2D eigenvalue weighted by Gasteiger charge is -2.16. The Kier molecular flexibility index (Phi) is 3.57. The molecule has 0 aromatic heterocycles. The highest BCUT2D eigenvalue weighted by atomic mass is 19.1. The highest BCUT2D eigenvalue weighted by Gasteiger charge is 2.20. The summed E-state index contributed by atoms with van der Waals surface area (Å²) in [4.78, 5) is 0. The summed E-state index contributed by atoms with van der Waals surface area (Å²) in [5.41, 5.74) is 0.731. The first-order valence-electron chi connectivity index (χ1n) is 4.29. The summed E-state index contributed by atoms with van der Waals surface area (Å²) >= 11 is 0. The topological polar surface area (TPSA) is 60.7 Å². The van der Waals surface area contributed by atoms with Gasteiger partial charge in [-0.05, 0) is 18.6 Å². The third-order valence-corrected chi connectivity index (χ3v) is 2.03. The summed E-state index contributed by atoms with van der Waals surface area (Å²) in [5.74, 6) is -0.579. The third-order valence-electron chi connectivity index (χ3n) is 2.03. The van der Waals surface area contributed by atoms with Gasteiger partial charge < -0.3 is 15.3 Å². The molecule has 78 valence electrons. The molecule has 3 N–H and O–H groups in total. The first-order chi connectivity index (χ1) is 6.56.